The Morgan fingerprint density at radius 3 is 2.38 bits per heavy atom. The summed E-state index contributed by atoms with van der Waals surface area (Å²) < 4.78 is 11.4. The van der Waals surface area contributed by atoms with E-state index in [-0.39, 0.29) is 6.61 Å². The summed E-state index contributed by atoms with van der Waals surface area (Å²) in [5, 5.41) is 0. The predicted octanol–water partition coefficient (Wildman–Crippen LogP) is 4.76. The van der Waals surface area contributed by atoms with E-state index in [1.54, 1.807) is 48.5 Å². The van der Waals surface area contributed by atoms with Gasteiger partial charge in [0.25, 0.3) is 0 Å². The molecule has 0 aliphatic carbocycles. The number of benzene rings is 2. The highest BCUT2D eigenvalue weighted by Crippen LogP contribution is 2.15. The number of unbranched alkanes of at least 4 members (excludes halogenated alkanes) is 1. The van der Waals surface area contributed by atoms with Crippen LogP contribution >= 0.6 is 15.9 Å². The number of ether oxygens (including phenoxy) is 2. The van der Waals surface area contributed by atoms with E-state index in [2.05, 4.69) is 15.9 Å². The molecule has 0 amide bonds. The summed E-state index contributed by atoms with van der Waals surface area (Å²) >= 11 is 3.32. The molecule has 0 spiro atoms. The number of hydrogen-bond donors (Lipinski definition) is 0. The summed E-state index contributed by atoms with van der Waals surface area (Å²) in [6.07, 6.45) is 1.78. The van der Waals surface area contributed by atoms with Crippen LogP contribution in [0.3, 0.4) is 0 Å². The van der Waals surface area contributed by atoms with Crippen molar-refractivity contribution < 1.29 is 19.1 Å². The van der Waals surface area contributed by atoms with Gasteiger partial charge in [-0.1, -0.05) is 47.5 Å². The van der Waals surface area contributed by atoms with Crippen molar-refractivity contribution in [1.82, 2.24) is 0 Å². The number of carbonyl (C=O) groups excluding carboxylic acids is 2. The monoisotopic (exact) mass is 390 g/mol. The third kappa shape index (κ3) is 5.20. The molecule has 0 saturated carbocycles. The Hall–Kier alpha value is -2.14. The van der Waals surface area contributed by atoms with E-state index in [0.717, 1.165) is 17.3 Å². The van der Waals surface area contributed by atoms with Gasteiger partial charge in [-0.2, -0.15) is 0 Å². The van der Waals surface area contributed by atoms with Gasteiger partial charge in [0.2, 0.25) is 0 Å². The highest BCUT2D eigenvalue weighted by molar-refractivity contribution is 9.10. The Morgan fingerprint density at radius 1 is 0.958 bits per heavy atom. The normalized spacial score (nSPS) is 10.2. The minimum absolute atomic E-state index is 0.0218. The third-order valence-electron chi connectivity index (χ3n) is 3.41. The first-order chi connectivity index (χ1) is 11.6. The van der Waals surface area contributed by atoms with E-state index in [9.17, 15) is 9.59 Å². The molecule has 2 aromatic rings. The second-order valence-electron chi connectivity index (χ2n) is 5.23. The summed E-state index contributed by atoms with van der Waals surface area (Å²) in [5.74, 6) is -0.824. The van der Waals surface area contributed by atoms with Crippen LogP contribution in [0, 0.1) is 0 Å². The maximum Gasteiger partial charge on any atom is 0.338 e. The smallest absolute Gasteiger partial charge is 0.338 e. The Morgan fingerprint density at radius 2 is 1.67 bits per heavy atom. The van der Waals surface area contributed by atoms with E-state index in [4.69, 9.17) is 9.47 Å². The van der Waals surface area contributed by atoms with E-state index >= 15 is 0 Å². The fourth-order valence-electron chi connectivity index (χ4n) is 2.04. The van der Waals surface area contributed by atoms with E-state index < -0.39 is 11.9 Å². The molecular weight excluding hydrogens is 372 g/mol. The number of esters is 2. The number of carbonyl (C=O) groups is 2. The van der Waals surface area contributed by atoms with E-state index in [1.807, 2.05) is 6.92 Å². The summed E-state index contributed by atoms with van der Waals surface area (Å²) in [6.45, 7) is 2.44. The van der Waals surface area contributed by atoms with Crippen LogP contribution < -0.4 is 0 Å². The highest BCUT2D eigenvalue weighted by Gasteiger charge is 2.14. The molecule has 2 aromatic carbocycles. The molecule has 126 valence electrons. The highest BCUT2D eigenvalue weighted by atomic mass is 79.9. The van der Waals surface area contributed by atoms with Crippen molar-refractivity contribution in [3.8, 4) is 0 Å². The summed E-state index contributed by atoms with van der Waals surface area (Å²) in [6, 6.07) is 13.9. The van der Waals surface area contributed by atoms with Crippen LogP contribution in [0.2, 0.25) is 0 Å². The zero-order valence-corrected chi connectivity index (χ0v) is 15.0. The van der Waals surface area contributed by atoms with Crippen molar-refractivity contribution in [2.45, 2.75) is 26.4 Å². The van der Waals surface area contributed by atoms with Gasteiger partial charge in [0.15, 0.2) is 0 Å². The molecular formula is C19H19BrO4. The Balaban J connectivity index is 2.00. The van der Waals surface area contributed by atoms with Gasteiger partial charge in [0.05, 0.1) is 17.7 Å². The predicted molar refractivity (Wildman–Crippen MR) is 94.9 cm³/mol. The van der Waals surface area contributed by atoms with Crippen molar-refractivity contribution in [3.63, 3.8) is 0 Å². The largest absolute Gasteiger partial charge is 0.462 e. The SMILES string of the molecule is CCCCOC(=O)c1ccccc1COC(=O)c1ccc(Br)cc1. The van der Waals surface area contributed by atoms with Crippen LogP contribution in [0.5, 0.6) is 0 Å². The molecule has 24 heavy (non-hydrogen) atoms. The molecule has 0 N–H and O–H groups in total. The molecule has 5 heteroatoms. The van der Waals surface area contributed by atoms with Crippen LogP contribution in [-0.2, 0) is 16.1 Å². The Bertz CT molecular complexity index is 695. The molecule has 0 aromatic heterocycles. The molecule has 0 aliphatic rings. The lowest BCUT2D eigenvalue weighted by Gasteiger charge is -2.10. The van der Waals surface area contributed by atoms with Crippen LogP contribution in [0.15, 0.2) is 53.0 Å². The molecule has 0 fully saturated rings. The molecule has 0 aliphatic heterocycles. The lowest BCUT2D eigenvalue weighted by molar-refractivity contribution is 0.0442. The maximum atomic E-state index is 12.1. The third-order valence-corrected chi connectivity index (χ3v) is 3.94. The lowest BCUT2D eigenvalue weighted by Crippen LogP contribution is -2.12. The quantitative estimate of drug-likeness (QED) is 0.504. The standard InChI is InChI=1S/C19H19BrO4/c1-2-3-12-23-19(22)17-7-5-4-6-15(17)13-24-18(21)14-8-10-16(20)11-9-14/h4-11H,2-3,12-13H2,1H3. The van der Waals surface area contributed by atoms with Gasteiger partial charge in [0, 0.05) is 10.0 Å². The van der Waals surface area contributed by atoms with Crippen molar-refractivity contribution in [2.75, 3.05) is 6.61 Å². The fraction of sp³-hybridized carbons (Fsp3) is 0.263. The van der Waals surface area contributed by atoms with Gasteiger partial charge in [0.1, 0.15) is 6.61 Å². The zero-order chi connectivity index (χ0) is 17.4. The van der Waals surface area contributed by atoms with Crippen LogP contribution in [0.25, 0.3) is 0 Å². The van der Waals surface area contributed by atoms with Crippen molar-refractivity contribution in [3.05, 3.63) is 69.7 Å². The molecule has 0 radical (unpaired) electrons. The zero-order valence-electron chi connectivity index (χ0n) is 13.5. The maximum absolute atomic E-state index is 12.1. The molecule has 0 atom stereocenters. The average molecular weight is 391 g/mol. The molecule has 2 rings (SSSR count). The fourth-order valence-corrected chi connectivity index (χ4v) is 2.31. The first-order valence-electron chi connectivity index (χ1n) is 7.79. The molecule has 0 heterocycles. The second kappa shape index (κ2) is 9.23. The van der Waals surface area contributed by atoms with Gasteiger partial charge in [-0.15, -0.1) is 0 Å². The van der Waals surface area contributed by atoms with Crippen molar-refractivity contribution in [2.24, 2.45) is 0 Å². The first-order valence-corrected chi connectivity index (χ1v) is 8.59. The second-order valence-corrected chi connectivity index (χ2v) is 6.15. The van der Waals surface area contributed by atoms with Gasteiger partial charge in [-0.25, -0.2) is 9.59 Å². The van der Waals surface area contributed by atoms with Crippen molar-refractivity contribution >= 4 is 27.9 Å². The first kappa shape index (κ1) is 18.2. The van der Waals surface area contributed by atoms with Crippen LogP contribution in [0.4, 0.5) is 0 Å². The molecule has 0 saturated heterocycles. The van der Waals surface area contributed by atoms with Crippen LogP contribution in [0.1, 0.15) is 46.0 Å². The van der Waals surface area contributed by atoms with Gasteiger partial charge in [-0.05, 0) is 36.8 Å². The Kier molecular flexibility index (Phi) is 7.00. The minimum atomic E-state index is -0.434. The lowest BCUT2D eigenvalue weighted by atomic mass is 10.1. The number of hydrogen-bond acceptors (Lipinski definition) is 4. The van der Waals surface area contributed by atoms with Gasteiger partial charge >= 0.3 is 11.9 Å². The summed E-state index contributed by atoms with van der Waals surface area (Å²) in [7, 11) is 0. The minimum Gasteiger partial charge on any atom is -0.462 e. The topological polar surface area (TPSA) is 52.6 Å². The number of rotatable bonds is 7. The molecule has 0 bridgehead atoms. The van der Waals surface area contributed by atoms with E-state index in [1.165, 1.54) is 0 Å². The van der Waals surface area contributed by atoms with E-state index in [0.29, 0.717) is 23.3 Å². The Labute approximate surface area is 149 Å². The average Bonchev–Trinajstić information content (AvgIpc) is 2.60. The summed E-state index contributed by atoms with van der Waals surface area (Å²) in [4.78, 5) is 24.2. The van der Waals surface area contributed by atoms with Crippen molar-refractivity contribution in [1.29, 1.82) is 0 Å². The molecule has 4 nitrogen and oxygen atoms in total. The summed E-state index contributed by atoms with van der Waals surface area (Å²) in [5.41, 5.74) is 1.52. The molecule has 0 unspecified atom stereocenters. The van der Waals surface area contributed by atoms with Gasteiger partial charge in [-0.3, -0.25) is 0 Å². The number of halogens is 1. The van der Waals surface area contributed by atoms with Crippen LogP contribution in [-0.4, -0.2) is 18.5 Å². The van der Waals surface area contributed by atoms with Gasteiger partial charge < -0.3 is 9.47 Å².